The van der Waals surface area contributed by atoms with Crippen LogP contribution in [-0.2, 0) is 27.8 Å². The van der Waals surface area contributed by atoms with Gasteiger partial charge in [-0.05, 0) is 6.58 Å². The van der Waals surface area contributed by atoms with Crippen LogP contribution in [0, 0.1) is 0 Å². The predicted octanol–water partition coefficient (Wildman–Crippen LogP) is -1.65. The van der Waals surface area contributed by atoms with Crippen molar-refractivity contribution in [2.45, 2.75) is 6.10 Å². The van der Waals surface area contributed by atoms with Crippen LogP contribution in [0.3, 0.4) is 0 Å². The van der Waals surface area contributed by atoms with E-state index in [9.17, 15) is 18.7 Å². The minimum absolute atomic E-state index is 0.121. The monoisotopic (exact) mass is 338 g/mol. The SMILES string of the molecule is C=C(OP(=O)(O)O)C(=O)O.O=C[C@H](O)COP(=O)(O)O. The Labute approximate surface area is 111 Å². The third-order valence-electron chi connectivity index (χ3n) is 1.04. The Kier molecular flexibility index (Phi) is 9.49. The van der Waals surface area contributed by atoms with Crippen molar-refractivity contribution >= 4 is 27.9 Å². The Hall–Kier alpha value is -1.10. The molecule has 20 heavy (non-hydrogen) atoms. The number of carboxylic acid groups (broad SMARTS) is 1. The van der Waals surface area contributed by atoms with Gasteiger partial charge in [-0.15, -0.1) is 0 Å². The zero-order valence-electron chi connectivity index (χ0n) is 9.60. The Morgan fingerprint density at radius 2 is 1.65 bits per heavy atom. The van der Waals surface area contributed by atoms with E-state index in [0.717, 1.165) is 0 Å². The largest absolute Gasteiger partial charge is 0.525 e. The molecule has 0 unspecified atom stereocenters. The maximum Gasteiger partial charge on any atom is 0.525 e. The average molecular weight is 338 g/mol. The molecule has 0 saturated carbocycles. The first kappa shape index (κ1) is 21.2. The number of carbonyl (C=O) groups excluding carboxylic acids is 1. The van der Waals surface area contributed by atoms with E-state index in [-0.39, 0.29) is 6.29 Å². The molecule has 0 heterocycles. The molecule has 6 N–H and O–H groups in total. The Morgan fingerprint density at radius 3 is 1.85 bits per heavy atom. The third-order valence-corrected chi connectivity index (χ3v) is 1.98. The average Bonchev–Trinajstić information content (AvgIpc) is 2.23. The van der Waals surface area contributed by atoms with Crippen molar-refractivity contribution in [3.05, 3.63) is 12.3 Å². The van der Waals surface area contributed by atoms with Crippen LogP contribution in [0.15, 0.2) is 12.3 Å². The van der Waals surface area contributed by atoms with Gasteiger partial charge in [0, 0.05) is 0 Å². The molecule has 0 aliphatic rings. The van der Waals surface area contributed by atoms with Crippen LogP contribution >= 0.6 is 15.6 Å². The van der Waals surface area contributed by atoms with E-state index >= 15 is 0 Å². The summed E-state index contributed by atoms with van der Waals surface area (Å²) < 4.78 is 27.1. The molecular weight excluding hydrogens is 326 g/mol. The second-order valence-corrected chi connectivity index (χ2v) is 5.20. The molecule has 0 spiro atoms. The van der Waals surface area contributed by atoms with Crippen molar-refractivity contribution in [3.8, 4) is 0 Å². The smallest absolute Gasteiger partial charge is 0.475 e. The van der Waals surface area contributed by atoms with Crippen molar-refractivity contribution in [2.24, 2.45) is 0 Å². The highest BCUT2D eigenvalue weighted by molar-refractivity contribution is 7.46. The molecule has 118 valence electrons. The third kappa shape index (κ3) is 16.9. The maximum atomic E-state index is 9.90. The Bertz CT molecular complexity index is 431. The van der Waals surface area contributed by atoms with Gasteiger partial charge in [-0.25, -0.2) is 13.9 Å². The van der Waals surface area contributed by atoms with Crippen LogP contribution in [0.4, 0.5) is 0 Å². The molecular formula is C6H12O12P2. The zero-order chi connectivity index (χ0) is 16.6. The second-order valence-electron chi connectivity index (χ2n) is 2.80. The molecule has 0 aliphatic carbocycles. The lowest BCUT2D eigenvalue weighted by Gasteiger charge is -2.04. The van der Waals surface area contributed by atoms with Crippen LogP contribution < -0.4 is 0 Å². The number of carboxylic acids is 1. The van der Waals surface area contributed by atoms with E-state index in [1.165, 1.54) is 0 Å². The number of phosphoric acid groups is 2. The summed E-state index contributed by atoms with van der Waals surface area (Å²) in [5, 5.41) is 16.4. The molecule has 0 bridgehead atoms. The summed E-state index contributed by atoms with van der Waals surface area (Å²) in [5.41, 5.74) is 0. The number of hydrogen-bond acceptors (Lipinski definition) is 7. The van der Waals surface area contributed by atoms with Gasteiger partial charge >= 0.3 is 21.6 Å². The van der Waals surface area contributed by atoms with Gasteiger partial charge in [0.25, 0.3) is 0 Å². The van der Waals surface area contributed by atoms with Gasteiger partial charge in [0.15, 0.2) is 6.29 Å². The van der Waals surface area contributed by atoms with Crippen LogP contribution in [0.2, 0.25) is 0 Å². The molecule has 12 nitrogen and oxygen atoms in total. The van der Waals surface area contributed by atoms with Gasteiger partial charge < -0.3 is 29.3 Å². The van der Waals surface area contributed by atoms with E-state index in [4.69, 9.17) is 29.8 Å². The van der Waals surface area contributed by atoms with Crippen molar-refractivity contribution < 1.29 is 57.6 Å². The quantitative estimate of drug-likeness (QED) is 0.133. The minimum atomic E-state index is -4.76. The van der Waals surface area contributed by atoms with Gasteiger partial charge in [-0.2, -0.15) is 0 Å². The number of hydrogen-bond donors (Lipinski definition) is 6. The first-order valence-corrected chi connectivity index (χ1v) is 7.35. The number of aldehydes is 1. The number of rotatable bonds is 7. The first-order chi connectivity index (χ1) is 8.78. The molecule has 0 fully saturated rings. The van der Waals surface area contributed by atoms with Gasteiger partial charge in [0.2, 0.25) is 5.76 Å². The van der Waals surface area contributed by atoms with Gasteiger partial charge in [-0.3, -0.25) is 14.3 Å². The molecule has 0 rings (SSSR count). The van der Waals surface area contributed by atoms with Gasteiger partial charge in [-0.1, -0.05) is 0 Å². The summed E-state index contributed by atoms with van der Waals surface area (Å²) in [5.74, 6) is -2.59. The van der Waals surface area contributed by atoms with Crippen LogP contribution in [0.5, 0.6) is 0 Å². The molecule has 0 amide bonds. The minimum Gasteiger partial charge on any atom is -0.475 e. The van der Waals surface area contributed by atoms with Crippen LogP contribution in [0.1, 0.15) is 0 Å². The number of aliphatic hydroxyl groups is 1. The first-order valence-electron chi connectivity index (χ1n) is 4.29. The fourth-order valence-corrected chi connectivity index (χ4v) is 1.11. The predicted molar refractivity (Wildman–Crippen MR) is 60.0 cm³/mol. The highest BCUT2D eigenvalue weighted by Crippen LogP contribution is 2.38. The highest BCUT2D eigenvalue weighted by atomic mass is 31.2. The van der Waals surface area contributed by atoms with Crippen LogP contribution in [-0.4, -0.2) is 54.8 Å². The number of aliphatic carboxylic acids is 1. The van der Waals surface area contributed by atoms with E-state index < -0.39 is 40.1 Å². The second kappa shape index (κ2) is 8.95. The summed E-state index contributed by atoms with van der Waals surface area (Å²) in [6, 6.07) is 0. The van der Waals surface area contributed by atoms with Crippen LogP contribution in [0.25, 0.3) is 0 Å². The van der Waals surface area contributed by atoms with Crippen molar-refractivity contribution in [1.82, 2.24) is 0 Å². The van der Waals surface area contributed by atoms with E-state index in [0.29, 0.717) is 0 Å². The topological polar surface area (TPSA) is 208 Å². The van der Waals surface area contributed by atoms with E-state index in [1.807, 2.05) is 0 Å². The summed E-state index contributed by atoms with van der Waals surface area (Å²) in [6.07, 6.45) is -1.36. The molecule has 0 aromatic carbocycles. The number of carbonyl (C=O) groups is 2. The lowest BCUT2D eigenvalue weighted by atomic mass is 10.4. The van der Waals surface area contributed by atoms with Crippen molar-refractivity contribution in [1.29, 1.82) is 0 Å². The molecule has 0 aromatic rings. The van der Waals surface area contributed by atoms with E-state index in [1.54, 1.807) is 0 Å². The molecule has 1 atom stereocenters. The lowest BCUT2D eigenvalue weighted by Crippen LogP contribution is -2.15. The fourth-order valence-electron chi connectivity index (χ4n) is 0.395. The molecule has 0 saturated heterocycles. The lowest BCUT2D eigenvalue weighted by molar-refractivity contribution is -0.135. The summed E-state index contributed by atoms with van der Waals surface area (Å²) in [7, 11) is -9.31. The Balaban J connectivity index is 0. The molecule has 0 radical (unpaired) electrons. The summed E-state index contributed by atoms with van der Waals surface area (Å²) in [6.45, 7) is 2.04. The fraction of sp³-hybridized carbons (Fsp3) is 0.333. The normalized spacial score (nSPS) is 12.7. The highest BCUT2D eigenvalue weighted by Gasteiger charge is 2.20. The number of aliphatic hydroxyl groups excluding tert-OH is 1. The maximum absolute atomic E-state index is 9.90. The summed E-state index contributed by atoms with van der Waals surface area (Å²) >= 11 is 0. The Morgan fingerprint density at radius 1 is 1.20 bits per heavy atom. The van der Waals surface area contributed by atoms with Crippen molar-refractivity contribution in [2.75, 3.05) is 6.61 Å². The zero-order valence-corrected chi connectivity index (χ0v) is 11.4. The molecule has 0 aromatic heterocycles. The number of phosphoric ester groups is 2. The standard InChI is InChI=1S/C3H7O6P.C3H5O6P/c4-1-3(5)2-9-10(6,7)8;1-2(3(4)5)9-10(6,7)8/h1,3,5H,2H2,(H2,6,7,8);1H2,(H,4,5)(H2,6,7,8)/t3-;/m0./s1. The summed E-state index contributed by atoms with van der Waals surface area (Å²) in [4.78, 5) is 51.5. The van der Waals surface area contributed by atoms with Gasteiger partial charge in [0.05, 0.1) is 6.61 Å². The van der Waals surface area contributed by atoms with E-state index in [2.05, 4.69) is 15.6 Å². The van der Waals surface area contributed by atoms with Crippen molar-refractivity contribution in [3.63, 3.8) is 0 Å². The molecule has 0 aliphatic heterocycles. The molecule has 14 heteroatoms. The van der Waals surface area contributed by atoms with Gasteiger partial charge in [0.1, 0.15) is 6.10 Å².